The topological polar surface area (TPSA) is 76.6 Å². The van der Waals surface area contributed by atoms with Crippen LogP contribution in [0.25, 0.3) is 0 Å². The van der Waals surface area contributed by atoms with Crippen LogP contribution in [0.3, 0.4) is 0 Å². The standard InChI is InChI=1S/C17H28N4O3/c1-5-23-15-10-14(19-12-20-15)18-11-13-8-6-7-9-21(13)16(22)24-17(2,3)4/h10,12-13H,5-9,11H2,1-4H3,(H,18,19,20)/t13-/m0/s1. The number of amides is 1. The summed E-state index contributed by atoms with van der Waals surface area (Å²) in [6.07, 6.45) is 4.30. The molecule has 0 spiro atoms. The molecule has 2 rings (SSSR count). The number of anilines is 1. The van der Waals surface area contributed by atoms with Crippen molar-refractivity contribution < 1.29 is 14.3 Å². The molecule has 1 aliphatic heterocycles. The Balaban J connectivity index is 1.96. The first kappa shape index (κ1) is 18.3. The van der Waals surface area contributed by atoms with Gasteiger partial charge in [0.25, 0.3) is 0 Å². The number of likely N-dealkylation sites (tertiary alicyclic amines) is 1. The van der Waals surface area contributed by atoms with E-state index in [1.165, 1.54) is 6.33 Å². The van der Waals surface area contributed by atoms with Gasteiger partial charge >= 0.3 is 6.09 Å². The van der Waals surface area contributed by atoms with Gasteiger partial charge in [0.1, 0.15) is 17.7 Å². The number of hydrogen-bond donors (Lipinski definition) is 1. The average Bonchev–Trinajstić information content (AvgIpc) is 2.52. The van der Waals surface area contributed by atoms with Gasteiger partial charge < -0.3 is 19.7 Å². The third-order valence-electron chi connectivity index (χ3n) is 3.71. The number of piperidine rings is 1. The lowest BCUT2D eigenvalue weighted by atomic mass is 10.0. The van der Waals surface area contributed by atoms with Gasteiger partial charge in [-0.05, 0) is 47.0 Å². The molecule has 1 aromatic heterocycles. The lowest BCUT2D eigenvalue weighted by Crippen LogP contribution is -2.48. The van der Waals surface area contributed by atoms with Crippen molar-refractivity contribution in [3.8, 4) is 5.88 Å². The fourth-order valence-electron chi connectivity index (χ4n) is 2.66. The molecule has 0 saturated carbocycles. The minimum absolute atomic E-state index is 0.0964. The van der Waals surface area contributed by atoms with Crippen molar-refractivity contribution in [1.29, 1.82) is 0 Å². The van der Waals surface area contributed by atoms with Gasteiger partial charge in [0.05, 0.1) is 12.6 Å². The highest BCUT2D eigenvalue weighted by atomic mass is 16.6. The molecular weight excluding hydrogens is 308 g/mol. The summed E-state index contributed by atoms with van der Waals surface area (Å²) in [5.41, 5.74) is -0.481. The van der Waals surface area contributed by atoms with Gasteiger partial charge in [-0.1, -0.05) is 0 Å². The van der Waals surface area contributed by atoms with Gasteiger partial charge in [-0.3, -0.25) is 0 Å². The monoisotopic (exact) mass is 336 g/mol. The largest absolute Gasteiger partial charge is 0.478 e. The van der Waals surface area contributed by atoms with E-state index in [1.807, 2.05) is 32.6 Å². The first-order valence-corrected chi connectivity index (χ1v) is 8.57. The lowest BCUT2D eigenvalue weighted by Gasteiger charge is -2.36. The molecule has 0 aromatic carbocycles. The van der Waals surface area contributed by atoms with Gasteiger partial charge in [-0.15, -0.1) is 0 Å². The summed E-state index contributed by atoms with van der Waals surface area (Å²) in [6.45, 7) is 9.49. The molecule has 0 radical (unpaired) electrons. The maximum absolute atomic E-state index is 12.4. The van der Waals surface area contributed by atoms with Crippen molar-refractivity contribution in [1.82, 2.24) is 14.9 Å². The maximum Gasteiger partial charge on any atom is 0.410 e. The van der Waals surface area contributed by atoms with E-state index in [4.69, 9.17) is 9.47 Å². The summed E-state index contributed by atoms with van der Waals surface area (Å²) in [4.78, 5) is 22.5. The van der Waals surface area contributed by atoms with Gasteiger partial charge in [0.2, 0.25) is 5.88 Å². The zero-order chi connectivity index (χ0) is 17.6. The first-order valence-electron chi connectivity index (χ1n) is 8.57. The molecule has 24 heavy (non-hydrogen) atoms. The minimum atomic E-state index is -0.481. The highest BCUT2D eigenvalue weighted by Gasteiger charge is 2.30. The molecule has 2 heterocycles. The zero-order valence-electron chi connectivity index (χ0n) is 15.0. The number of rotatable bonds is 5. The van der Waals surface area contributed by atoms with Crippen LogP contribution in [0.15, 0.2) is 12.4 Å². The predicted octanol–water partition coefficient (Wildman–Crippen LogP) is 3.08. The van der Waals surface area contributed by atoms with Gasteiger partial charge in [-0.25, -0.2) is 14.8 Å². The predicted molar refractivity (Wildman–Crippen MR) is 92.3 cm³/mol. The third-order valence-corrected chi connectivity index (χ3v) is 3.71. The quantitative estimate of drug-likeness (QED) is 0.890. The Kier molecular flexibility index (Phi) is 6.23. The van der Waals surface area contributed by atoms with Crippen LogP contribution in [0, 0.1) is 0 Å². The molecule has 7 nitrogen and oxygen atoms in total. The Hall–Kier alpha value is -2.05. The molecular formula is C17H28N4O3. The number of carbonyl (C=O) groups is 1. The summed E-state index contributed by atoms with van der Waals surface area (Å²) >= 11 is 0. The van der Waals surface area contributed by atoms with Crippen LogP contribution in [-0.4, -0.2) is 52.3 Å². The highest BCUT2D eigenvalue weighted by Crippen LogP contribution is 2.21. The molecule has 0 bridgehead atoms. The maximum atomic E-state index is 12.4. The van der Waals surface area contributed by atoms with E-state index < -0.39 is 5.60 Å². The van der Waals surface area contributed by atoms with Crippen molar-refractivity contribution in [2.45, 2.75) is 58.6 Å². The van der Waals surface area contributed by atoms with E-state index in [1.54, 1.807) is 6.07 Å². The van der Waals surface area contributed by atoms with Crippen LogP contribution in [-0.2, 0) is 4.74 Å². The molecule has 1 aromatic rings. The van der Waals surface area contributed by atoms with Gasteiger partial charge in [0.15, 0.2) is 0 Å². The van der Waals surface area contributed by atoms with E-state index in [9.17, 15) is 4.79 Å². The molecule has 134 valence electrons. The smallest absolute Gasteiger partial charge is 0.410 e. The first-order chi connectivity index (χ1) is 11.4. The Morgan fingerprint density at radius 1 is 1.38 bits per heavy atom. The second-order valence-electron chi connectivity index (χ2n) is 6.88. The Morgan fingerprint density at radius 2 is 2.17 bits per heavy atom. The van der Waals surface area contributed by atoms with Crippen LogP contribution in [0.1, 0.15) is 47.0 Å². The van der Waals surface area contributed by atoms with E-state index >= 15 is 0 Å². The number of nitrogens with zero attached hydrogens (tertiary/aromatic N) is 3. The number of hydrogen-bond acceptors (Lipinski definition) is 6. The molecule has 1 amide bonds. The fourth-order valence-corrected chi connectivity index (χ4v) is 2.66. The molecule has 0 unspecified atom stereocenters. The van der Waals surface area contributed by atoms with Crippen LogP contribution in [0.2, 0.25) is 0 Å². The SMILES string of the molecule is CCOc1cc(NC[C@@H]2CCCCN2C(=O)OC(C)(C)C)ncn1. The van der Waals surface area contributed by atoms with Crippen molar-refractivity contribution in [3.63, 3.8) is 0 Å². The minimum Gasteiger partial charge on any atom is -0.478 e. The van der Waals surface area contributed by atoms with Crippen LogP contribution in [0.5, 0.6) is 5.88 Å². The number of nitrogens with one attached hydrogen (secondary N) is 1. The van der Waals surface area contributed by atoms with Crippen LogP contribution < -0.4 is 10.1 Å². The Labute approximate surface area is 143 Å². The van der Waals surface area contributed by atoms with Crippen LogP contribution >= 0.6 is 0 Å². The summed E-state index contributed by atoms with van der Waals surface area (Å²) in [5, 5.41) is 3.28. The van der Waals surface area contributed by atoms with Gasteiger partial charge in [-0.2, -0.15) is 0 Å². The summed E-state index contributed by atoms with van der Waals surface area (Å²) in [7, 11) is 0. The van der Waals surface area contributed by atoms with Crippen molar-refractivity contribution in [3.05, 3.63) is 12.4 Å². The van der Waals surface area contributed by atoms with Crippen LogP contribution in [0.4, 0.5) is 10.6 Å². The number of carbonyl (C=O) groups excluding carboxylic acids is 1. The zero-order valence-corrected chi connectivity index (χ0v) is 15.0. The second-order valence-corrected chi connectivity index (χ2v) is 6.88. The van der Waals surface area contributed by atoms with E-state index in [-0.39, 0.29) is 12.1 Å². The second kappa shape index (κ2) is 8.17. The summed E-state index contributed by atoms with van der Waals surface area (Å²) in [5.74, 6) is 1.24. The van der Waals surface area contributed by atoms with E-state index in [0.717, 1.165) is 25.8 Å². The number of aromatic nitrogens is 2. The summed E-state index contributed by atoms with van der Waals surface area (Å²) < 4.78 is 10.9. The Morgan fingerprint density at radius 3 is 2.88 bits per heavy atom. The molecule has 1 N–H and O–H groups in total. The van der Waals surface area contributed by atoms with Crippen molar-refractivity contribution >= 4 is 11.9 Å². The van der Waals surface area contributed by atoms with Gasteiger partial charge in [0, 0.05) is 19.2 Å². The third kappa shape index (κ3) is 5.54. The lowest BCUT2D eigenvalue weighted by molar-refractivity contribution is 0.0114. The molecule has 7 heteroatoms. The molecule has 1 saturated heterocycles. The van der Waals surface area contributed by atoms with E-state index in [2.05, 4.69) is 15.3 Å². The molecule has 1 atom stereocenters. The molecule has 1 aliphatic rings. The normalized spacial score (nSPS) is 18.2. The average molecular weight is 336 g/mol. The highest BCUT2D eigenvalue weighted by molar-refractivity contribution is 5.68. The van der Waals surface area contributed by atoms with E-state index in [0.29, 0.717) is 24.8 Å². The molecule has 1 fully saturated rings. The van der Waals surface area contributed by atoms with Crippen molar-refractivity contribution in [2.24, 2.45) is 0 Å². The molecule has 0 aliphatic carbocycles. The Bertz CT molecular complexity index is 545. The number of ether oxygens (including phenoxy) is 2. The summed E-state index contributed by atoms with van der Waals surface area (Å²) in [6, 6.07) is 1.86. The van der Waals surface area contributed by atoms with Crippen molar-refractivity contribution in [2.75, 3.05) is 25.0 Å². The fraction of sp³-hybridized carbons (Fsp3) is 0.706.